The van der Waals surface area contributed by atoms with Crippen LogP contribution in [0.5, 0.6) is 0 Å². The first-order valence-corrected chi connectivity index (χ1v) is 16.3. The SMILES string of the molecule is N#Cc1ccc(-c2ccccc2-n2c3ccccc3c3cc(C#N)ccc32)c(-c2cc(-n3c4ccccc4c4ccccc43)ccc2C#N)c1. The minimum atomic E-state index is 0.508. The Bertz CT molecular complexity index is 2920. The van der Waals surface area contributed by atoms with Gasteiger partial charge in [0, 0.05) is 38.4 Å². The number of benzene rings is 7. The Morgan fingerprint density at radius 3 is 1.60 bits per heavy atom. The summed E-state index contributed by atoms with van der Waals surface area (Å²) < 4.78 is 4.48. The molecule has 0 atom stereocenters. The van der Waals surface area contributed by atoms with Crippen LogP contribution in [0, 0.1) is 34.0 Å². The smallest absolute Gasteiger partial charge is 0.0998 e. The van der Waals surface area contributed by atoms with Gasteiger partial charge >= 0.3 is 0 Å². The second kappa shape index (κ2) is 11.4. The number of aromatic nitrogens is 2. The summed E-state index contributed by atoms with van der Waals surface area (Å²) in [5.41, 5.74) is 11.1. The van der Waals surface area contributed by atoms with Crippen LogP contribution < -0.4 is 0 Å². The van der Waals surface area contributed by atoms with Crippen molar-refractivity contribution in [3.8, 4) is 51.8 Å². The maximum absolute atomic E-state index is 10.5. The van der Waals surface area contributed by atoms with Gasteiger partial charge in [-0.15, -0.1) is 0 Å². The van der Waals surface area contributed by atoms with Gasteiger partial charge < -0.3 is 9.13 Å². The lowest BCUT2D eigenvalue weighted by atomic mass is 9.89. The van der Waals surface area contributed by atoms with Gasteiger partial charge in [0.2, 0.25) is 0 Å². The number of hydrogen-bond donors (Lipinski definition) is 0. The van der Waals surface area contributed by atoms with Crippen LogP contribution in [0.1, 0.15) is 16.7 Å². The van der Waals surface area contributed by atoms with Crippen LogP contribution in [-0.4, -0.2) is 9.13 Å². The molecule has 0 aliphatic rings. The van der Waals surface area contributed by atoms with Crippen molar-refractivity contribution >= 4 is 43.6 Å². The lowest BCUT2D eigenvalue weighted by molar-refractivity contribution is 1.18. The summed E-state index contributed by atoms with van der Waals surface area (Å²) in [5, 5.41) is 34.6. The summed E-state index contributed by atoms with van der Waals surface area (Å²) in [6.07, 6.45) is 0. The molecule has 0 N–H and O–H groups in total. The Morgan fingerprint density at radius 2 is 0.920 bits per heavy atom. The number of fused-ring (bicyclic) bond motifs is 6. The summed E-state index contributed by atoms with van der Waals surface area (Å²) in [5.74, 6) is 0. The van der Waals surface area contributed by atoms with Crippen molar-refractivity contribution in [3.63, 3.8) is 0 Å². The molecule has 9 rings (SSSR count). The Morgan fingerprint density at radius 1 is 0.360 bits per heavy atom. The molecule has 0 radical (unpaired) electrons. The fourth-order valence-electron chi connectivity index (χ4n) is 7.46. The number of nitriles is 3. The molecule has 0 amide bonds. The van der Waals surface area contributed by atoms with Crippen LogP contribution in [0.25, 0.3) is 77.2 Å². The van der Waals surface area contributed by atoms with Gasteiger partial charge in [-0.25, -0.2) is 0 Å². The van der Waals surface area contributed by atoms with Gasteiger partial charge in [-0.3, -0.25) is 0 Å². The van der Waals surface area contributed by atoms with E-state index in [-0.39, 0.29) is 0 Å². The molecule has 7 aromatic carbocycles. The van der Waals surface area contributed by atoms with E-state index in [2.05, 4.69) is 94.1 Å². The van der Waals surface area contributed by atoms with Gasteiger partial charge in [0.05, 0.1) is 62.7 Å². The molecule has 0 aliphatic heterocycles. The van der Waals surface area contributed by atoms with Crippen LogP contribution in [-0.2, 0) is 0 Å². The number of hydrogen-bond acceptors (Lipinski definition) is 3. The molecular formula is C45H25N5. The van der Waals surface area contributed by atoms with E-state index in [1.54, 1.807) is 0 Å². The number of para-hydroxylation sites is 4. The van der Waals surface area contributed by atoms with E-state index in [0.717, 1.165) is 77.2 Å². The zero-order chi connectivity index (χ0) is 33.8. The molecule has 5 nitrogen and oxygen atoms in total. The summed E-state index contributed by atoms with van der Waals surface area (Å²) in [7, 11) is 0. The first-order chi connectivity index (χ1) is 24.7. The standard InChI is InChI=1S/C45H25N5/c46-26-29-17-21-33(34-9-1-7-15-43(34)50-44-16-8-4-12-37(44)40-24-30(27-47)18-22-45(40)50)39(23-29)38-25-32(20-19-31(38)28-48)49-41-13-5-2-10-35(41)36-11-3-6-14-42(36)49/h1-25H. The molecule has 50 heavy (non-hydrogen) atoms. The molecular weight excluding hydrogens is 611 g/mol. The van der Waals surface area contributed by atoms with E-state index >= 15 is 0 Å². The largest absolute Gasteiger partial charge is 0.309 e. The van der Waals surface area contributed by atoms with Crippen molar-refractivity contribution in [2.24, 2.45) is 0 Å². The molecule has 2 heterocycles. The molecule has 0 spiro atoms. The van der Waals surface area contributed by atoms with Crippen molar-refractivity contribution < 1.29 is 0 Å². The van der Waals surface area contributed by atoms with Crippen molar-refractivity contribution in [1.29, 1.82) is 15.8 Å². The van der Waals surface area contributed by atoms with Crippen molar-refractivity contribution in [1.82, 2.24) is 9.13 Å². The molecule has 0 unspecified atom stereocenters. The molecule has 0 bridgehead atoms. The summed E-state index contributed by atoms with van der Waals surface area (Å²) in [6, 6.07) is 57.7. The van der Waals surface area contributed by atoms with Gasteiger partial charge in [-0.05, 0) is 83.9 Å². The van der Waals surface area contributed by atoms with Crippen LogP contribution in [0.4, 0.5) is 0 Å². The topological polar surface area (TPSA) is 81.2 Å². The molecule has 0 aliphatic carbocycles. The van der Waals surface area contributed by atoms with E-state index in [1.165, 1.54) is 0 Å². The quantitative estimate of drug-likeness (QED) is 0.193. The van der Waals surface area contributed by atoms with E-state index in [1.807, 2.05) is 84.9 Å². The number of nitrogens with zero attached hydrogens (tertiary/aromatic N) is 5. The van der Waals surface area contributed by atoms with Gasteiger partial charge in [0.1, 0.15) is 0 Å². The van der Waals surface area contributed by atoms with E-state index in [9.17, 15) is 15.8 Å². The van der Waals surface area contributed by atoms with Gasteiger partial charge in [0.15, 0.2) is 0 Å². The highest BCUT2D eigenvalue weighted by molar-refractivity contribution is 6.11. The summed E-state index contributed by atoms with van der Waals surface area (Å²) >= 11 is 0. The third kappa shape index (κ3) is 4.31. The van der Waals surface area contributed by atoms with Crippen LogP contribution in [0.2, 0.25) is 0 Å². The fraction of sp³-hybridized carbons (Fsp3) is 0. The molecule has 9 aromatic rings. The highest BCUT2D eigenvalue weighted by Crippen LogP contribution is 2.42. The minimum absolute atomic E-state index is 0.508. The average Bonchev–Trinajstić information content (AvgIpc) is 3.70. The van der Waals surface area contributed by atoms with Gasteiger partial charge in [-0.2, -0.15) is 15.8 Å². The predicted octanol–water partition coefficient (Wildman–Crippen LogP) is 10.8. The van der Waals surface area contributed by atoms with Gasteiger partial charge in [-0.1, -0.05) is 78.9 Å². The Hall–Kier alpha value is -7.39. The second-order valence-corrected chi connectivity index (χ2v) is 12.3. The Kier molecular flexibility index (Phi) is 6.56. The van der Waals surface area contributed by atoms with Crippen LogP contribution in [0.3, 0.4) is 0 Å². The molecule has 0 saturated heterocycles. The fourth-order valence-corrected chi connectivity index (χ4v) is 7.46. The zero-order valence-electron chi connectivity index (χ0n) is 26.7. The number of rotatable bonds is 4. The van der Waals surface area contributed by atoms with Crippen LogP contribution in [0.15, 0.2) is 152 Å². The highest BCUT2D eigenvalue weighted by atomic mass is 15.0. The predicted molar refractivity (Wildman–Crippen MR) is 200 cm³/mol. The highest BCUT2D eigenvalue weighted by Gasteiger charge is 2.20. The maximum Gasteiger partial charge on any atom is 0.0998 e. The van der Waals surface area contributed by atoms with E-state index in [0.29, 0.717) is 16.7 Å². The zero-order valence-corrected chi connectivity index (χ0v) is 26.7. The normalized spacial score (nSPS) is 11.1. The van der Waals surface area contributed by atoms with E-state index in [4.69, 9.17) is 0 Å². The minimum Gasteiger partial charge on any atom is -0.309 e. The molecule has 0 saturated carbocycles. The van der Waals surface area contributed by atoms with Crippen molar-refractivity contribution in [2.45, 2.75) is 0 Å². The van der Waals surface area contributed by atoms with Gasteiger partial charge in [0.25, 0.3) is 0 Å². The Balaban J connectivity index is 1.32. The lowest BCUT2D eigenvalue weighted by Gasteiger charge is -2.18. The monoisotopic (exact) mass is 635 g/mol. The summed E-state index contributed by atoms with van der Waals surface area (Å²) in [6.45, 7) is 0. The Labute approximate surface area is 287 Å². The molecule has 5 heteroatoms. The average molecular weight is 636 g/mol. The third-order valence-corrected chi connectivity index (χ3v) is 9.64. The van der Waals surface area contributed by atoms with Crippen molar-refractivity contribution in [3.05, 3.63) is 168 Å². The van der Waals surface area contributed by atoms with Crippen molar-refractivity contribution in [2.75, 3.05) is 0 Å². The first kappa shape index (κ1) is 28.8. The lowest BCUT2D eigenvalue weighted by Crippen LogP contribution is -2.00. The second-order valence-electron chi connectivity index (χ2n) is 12.3. The third-order valence-electron chi connectivity index (χ3n) is 9.64. The van der Waals surface area contributed by atoms with Crippen LogP contribution >= 0.6 is 0 Å². The molecule has 2 aromatic heterocycles. The van der Waals surface area contributed by atoms with E-state index < -0.39 is 0 Å². The maximum atomic E-state index is 10.5. The molecule has 230 valence electrons. The first-order valence-electron chi connectivity index (χ1n) is 16.3. The summed E-state index contributed by atoms with van der Waals surface area (Å²) in [4.78, 5) is 0. The molecule has 0 fully saturated rings.